The molecule has 0 aromatic carbocycles. The Balaban J connectivity index is 0.00000210. The van der Waals surface area contributed by atoms with Gasteiger partial charge in [0.05, 0.1) is 0 Å². The molecule has 4 aliphatic rings. The van der Waals surface area contributed by atoms with Gasteiger partial charge in [-0.2, -0.15) is 0 Å². The quantitative estimate of drug-likeness (QED) is 0.685. The predicted molar refractivity (Wildman–Crippen MR) is 111 cm³/mol. The van der Waals surface area contributed by atoms with E-state index in [0.29, 0.717) is 29.3 Å². The summed E-state index contributed by atoms with van der Waals surface area (Å²) in [5.74, 6) is 3.62. The molecule has 4 heteroatoms. The summed E-state index contributed by atoms with van der Waals surface area (Å²) in [5, 5.41) is 0. The zero-order valence-corrected chi connectivity index (χ0v) is 18.0. The van der Waals surface area contributed by atoms with Gasteiger partial charge in [0, 0.05) is 24.2 Å². The highest BCUT2D eigenvalue weighted by Gasteiger charge is 2.62. The molecule has 4 fully saturated rings. The number of ketones is 2. The van der Waals surface area contributed by atoms with E-state index in [4.69, 9.17) is 5.73 Å². The van der Waals surface area contributed by atoms with Crippen LogP contribution in [0.2, 0.25) is 0 Å². The molecule has 154 valence electrons. The highest BCUT2D eigenvalue weighted by molar-refractivity contribution is 5.88. The molecule has 27 heavy (non-hydrogen) atoms. The Kier molecular flexibility index (Phi) is 6.14. The molecule has 0 aromatic rings. The minimum Gasteiger partial charge on any atom is -0.330 e. The van der Waals surface area contributed by atoms with E-state index in [1.54, 1.807) is 0 Å². The van der Waals surface area contributed by atoms with Crippen LogP contribution in [-0.2, 0) is 9.59 Å². The molecule has 4 rings (SSSR count). The van der Waals surface area contributed by atoms with Gasteiger partial charge < -0.3 is 5.73 Å². The van der Waals surface area contributed by atoms with Gasteiger partial charge in [0.15, 0.2) is 0 Å². The molecule has 0 radical (unpaired) electrons. The molecule has 0 aliphatic heterocycles. The molecule has 2 N–H and O–H groups in total. The highest BCUT2D eigenvalue weighted by Crippen LogP contribution is 2.65. The summed E-state index contributed by atoms with van der Waals surface area (Å²) in [5.41, 5.74) is 5.72. The summed E-state index contributed by atoms with van der Waals surface area (Å²) in [6.07, 6.45) is 12.0. The lowest BCUT2D eigenvalue weighted by atomic mass is 9.44. The second kappa shape index (κ2) is 7.78. The normalized spacial score (nSPS) is 46.3. The SMILES string of the molecule is C[C@]12CC[C@@H](CCCCN)CC1C(=O)C[C@@H]1[C@@H]2CC[C@]2(C)C(=O)CC[C@@H]12.Cl. The average molecular weight is 396 g/mol. The van der Waals surface area contributed by atoms with E-state index in [9.17, 15) is 9.59 Å². The van der Waals surface area contributed by atoms with E-state index >= 15 is 0 Å². The first kappa shape index (κ1) is 21.3. The van der Waals surface area contributed by atoms with Crippen molar-refractivity contribution in [2.24, 2.45) is 46.2 Å². The van der Waals surface area contributed by atoms with Gasteiger partial charge in [-0.15, -0.1) is 12.4 Å². The van der Waals surface area contributed by atoms with E-state index in [1.807, 2.05) is 0 Å². The van der Waals surface area contributed by atoms with Crippen molar-refractivity contribution in [3.8, 4) is 0 Å². The Hall–Kier alpha value is -0.410. The van der Waals surface area contributed by atoms with E-state index in [-0.39, 0.29) is 29.2 Å². The third kappa shape index (κ3) is 3.31. The van der Waals surface area contributed by atoms with Crippen molar-refractivity contribution < 1.29 is 9.59 Å². The van der Waals surface area contributed by atoms with Crippen LogP contribution in [0, 0.1) is 40.4 Å². The maximum Gasteiger partial charge on any atom is 0.139 e. The number of fused-ring (bicyclic) bond motifs is 5. The van der Waals surface area contributed by atoms with Gasteiger partial charge in [-0.1, -0.05) is 26.7 Å². The standard InChI is InChI=1S/C23H37NO2.ClH/c1-22-10-8-15(5-3-4-12-24)13-19(22)20(25)14-16-17-6-7-21(26)23(17,2)11-9-18(16)22;/h15-19H,3-14,24H2,1-2H3;1H/t15-,16+,17+,18+,19?,22-,23+;/m1./s1. The smallest absolute Gasteiger partial charge is 0.139 e. The van der Waals surface area contributed by atoms with Crippen LogP contribution in [0.15, 0.2) is 0 Å². The number of halogens is 1. The molecule has 0 bridgehead atoms. The van der Waals surface area contributed by atoms with Crippen LogP contribution in [0.4, 0.5) is 0 Å². The Morgan fingerprint density at radius 3 is 2.56 bits per heavy atom. The van der Waals surface area contributed by atoms with Crippen molar-refractivity contribution in [2.75, 3.05) is 6.54 Å². The zero-order chi connectivity index (χ0) is 18.5. The number of carbonyl (C=O) groups is 2. The van der Waals surface area contributed by atoms with Crippen LogP contribution < -0.4 is 5.73 Å². The van der Waals surface area contributed by atoms with Crippen LogP contribution in [0.3, 0.4) is 0 Å². The zero-order valence-electron chi connectivity index (χ0n) is 17.2. The fourth-order valence-corrected chi connectivity index (χ4v) is 7.73. The minimum absolute atomic E-state index is 0. The van der Waals surface area contributed by atoms with Crippen LogP contribution in [0.1, 0.15) is 84.5 Å². The van der Waals surface area contributed by atoms with Crippen molar-refractivity contribution in [3.63, 3.8) is 0 Å². The molecule has 4 aliphatic carbocycles. The third-order valence-corrected chi connectivity index (χ3v) is 9.34. The van der Waals surface area contributed by atoms with Gasteiger partial charge in [-0.25, -0.2) is 0 Å². The van der Waals surface area contributed by atoms with E-state index in [0.717, 1.165) is 51.0 Å². The molecule has 0 amide bonds. The average Bonchev–Trinajstić information content (AvgIpc) is 2.92. The molecule has 4 saturated carbocycles. The number of rotatable bonds is 4. The van der Waals surface area contributed by atoms with E-state index in [1.165, 1.54) is 32.1 Å². The monoisotopic (exact) mass is 395 g/mol. The largest absolute Gasteiger partial charge is 0.330 e. The molecular weight excluding hydrogens is 358 g/mol. The van der Waals surface area contributed by atoms with Crippen LogP contribution in [-0.4, -0.2) is 18.1 Å². The molecule has 0 spiro atoms. The summed E-state index contributed by atoms with van der Waals surface area (Å²) in [6, 6.07) is 0. The van der Waals surface area contributed by atoms with Gasteiger partial charge in [-0.05, 0) is 80.6 Å². The molecule has 3 nitrogen and oxygen atoms in total. The van der Waals surface area contributed by atoms with Crippen molar-refractivity contribution >= 4 is 24.0 Å². The maximum atomic E-state index is 13.2. The van der Waals surface area contributed by atoms with Gasteiger partial charge in [0.1, 0.15) is 11.6 Å². The molecule has 1 unspecified atom stereocenters. The fourth-order valence-electron chi connectivity index (χ4n) is 7.73. The van der Waals surface area contributed by atoms with Crippen molar-refractivity contribution in [3.05, 3.63) is 0 Å². The first-order valence-electron chi connectivity index (χ1n) is 11.2. The molecular formula is C23H38ClNO2. The Morgan fingerprint density at radius 2 is 1.81 bits per heavy atom. The molecule has 0 heterocycles. The van der Waals surface area contributed by atoms with Crippen molar-refractivity contribution in [2.45, 2.75) is 84.5 Å². The second-order valence-electron chi connectivity index (χ2n) is 10.4. The highest BCUT2D eigenvalue weighted by atomic mass is 35.5. The first-order valence-corrected chi connectivity index (χ1v) is 11.2. The van der Waals surface area contributed by atoms with E-state index in [2.05, 4.69) is 13.8 Å². The molecule has 0 aromatic heterocycles. The first-order chi connectivity index (χ1) is 12.4. The third-order valence-electron chi connectivity index (χ3n) is 9.34. The molecule has 0 saturated heterocycles. The predicted octanol–water partition coefficient (Wildman–Crippen LogP) is 4.94. The number of unbranched alkanes of at least 4 members (excludes halogenated alkanes) is 1. The second-order valence-corrected chi connectivity index (χ2v) is 10.4. The number of Topliss-reactive ketones (excluding diaryl/α,β-unsaturated/α-hetero) is 2. The van der Waals surface area contributed by atoms with Crippen LogP contribution in [0.25, 0.3) is 0 Å². The molecule has 7 atom stereocenters. The lowest BCUT2D eigenvalue weighted by molar-refractivity contribution is -0.158. The van der Waals surface area contributed by atoms with Crippen molar-refractivity contribution in [1.29, 1.82) is 0 Å². The summed E-state index contributed by atoms with van der Waals surface area (Å²) >= 11 is 0. The lowest BCUT2D eigenvalue weighted by Crippen LogP contribution is -2.56. The Morgan fingerprint density at radius 1 is 1.04 bits per heavy atom. The minimum atomic E-state index is -0.121. The van der Waals surface area contributed by atoms with Crippen LogP contribution in [0.5, 0.6) is 0 Å². The number of carbonyl (C=O) groups excluding carboxylic acids is 2. The summed E-state index contributed by atoms with van der Waals surface area (Å²) in [7, 11) is 0. The lowest BCUT2D eigenvalue weighted by Gasteiger charge is -2.59. The number of nitrogens with two attached hydrogens (primary N) is 1. The maximum absolute atomic E-state index is 13.2. The Labute approximate surface area is 171 Å². The van der Waals surface area contributed by atoms with Gasteiger partial charge in [-0.3, -0.25) is 9.59 Å². The number of hydrogen-bond acceptors (Lipinski definition) is 3. The van der Waals surface area contributed by atoms with Gasteiger partial charge in [0.25, 0.3) is 0 Å². The fraction of sp³-hybridized carbons (Fsp3) is 0.913. The summed E-state index contributed by atoms with van der Waals surface area (Å²) in [6.45, 7) is 5.42. The summed E-state index contributed by atoms with van der Waals surface area (Å²) < 4.78 is 0. The van der Waals surface area contributed by atoms with Crippen molar-refractivity contribution in [1.82, 2.24) is 0 Å². The number of hydrogen-bond donors (Lipinski definition) is 1. The van der Waals surface area contributed by atoms with Gasteiger partial charge in [0.2, 0.25) is 0 Å². The van der Waals surface area contributed by atoms with E-state index < -0.39 is 0 Å². The topological polar surface area (TPSA) is 60.2 Å². The summed E-state index contributed by atoms with van der Waals surface area (Å²) in [4.78, 5) is 25.8. The van der Waals surface area contributed by atoms with Gasteiger partial charge >= 0.3 is 0 Å². The Bertz CT molecular complexity index is 593. The van der Waals surface area contributed by atoms with Crippen LogP contribution >= 0.6 is 12.4 Å².